The molecular weight excluding hydrogens is 381 g/mol. The Bertz CT molecular complexity index is 1040. The van der Waals surface area contributed by atoms with E-state index < -0.39 is 17.6 Å². The van der Waals surface area contributed by atoms with E-state index in [9.17, 15) is 22.8 Å². The third-order valence-electron chi connectivity index (χ3n) is 4.14. The third kappa shape index (κ3) is 5.22. The molecule has 7 heteroatoms. The third-order valence-corrected chi connectivity index (χ3v) is 4.14. The highest BCUT2D eigenvalue weighted by Crippen LogP contribution is 2.30. The van der Waals surface area contributed by atoms with Crippen molar-refractivity contribution in [1.29, 1.82) is 0 Å². The summed E-state index contributed by atoms with van der Waals surface area (Å²) in [5.74, 6) is -0.920. The van der Waals surface area contributed by atoms with Gasteiger partial charge in [0.25, 0.3) is 11.8 Å². The minimum absolute atomic E-state index is 0.0268. The Hall–Kier alpha value is -3.61. The summed E-state index contributed by atoms with van der Waals surface area (Å²) in [6.45, 7) is 1.91. The van der Waals surface area contributed by atoms with Crippen LogP contribution in [0.15, 0.2) is 72.8 Å². The van der Waals surface area contributed by atoms with E-state index in [1.165, 1.54) is 24.3 Å². The van der Waals surface area contributed by atoms with Crippen LogP contribution in [0.25, 0.3) is 0 Å². The fourth-order valence-electron chi connectivity index (χ4n) is 2.62. The van der Waals surface area contributed by atoms with Crippen LogP contribution in [0, 0.1) is 6.92 Å². The molecule has 148 valence electrons. The maximum atomic E-state index is 12.8. The first kappa shape index (κ1) is 20.1. The molecule has 3 aromatic rings. The van der Waals surface area contributed by atoms with Gasteiger partial charge in [-0.1, -0.05) is 29.8 Å². The number of carbonyl (C=O) groups excluding carboxylic acids is 2. The number of anilines is 2. The molecule has 0 unspecified atom stereocenters. The van der Waals surface area contributed by atoms with Crippen molar-refractivity contribution in [3.63, 3.8) is 0 Å². The van der Waals surface area contributed by atoms with E-state index in [0.29, 0.717) is 11.3 Å². The van der Waals surface area contributed by atoms with Crippen molar-refractivity contribution >= 4 is 23.2 Å². The number of halogens is 3. The van der Waals surface area contributed by atoms with Crippen molar-refractivity contribution in [2.24, 2.45) is 0 Å². The summed E-state index contributed by atoms with van der Waals surface area (Å²) in [6, 6.07) is 17.5. The lowest BCUT2D eigenvalue weighted by molar-refractivity contribution is -0.137. The molecule has 2 amide bonds. The number of hydrogen-bond acceptors (Lipinski definition) is 2. The molecule has 0 spiro atoms. The van der Waals surface area contributed by atoms with Crippen LogP contribution in [0.5, 0.6) is 0 Å². The normalized spacial score (nSPS) is 11.0. The van der Waals surface area contributed by atoms with E-state index >= 15 is 0 Å². The van der Waals surface area contributed by atoms with Crippen molar-refractivity contribution in [2.75, 3.05) is 10.6 Å². The molecule has 4 nitrogen and oxygen atoms in total. The van der Waals surface area contributed by atoms with E-state index in [4.69, 9.17) is 0 Å². The van der Waals surface area contributed by atoms with Gasteiger partial charge < -0.3 is 10.6 Å². The molecule has 0 aromatic heterocycles. The Kier molecular flexibility index (Phi) is 5.68. The summed E-state index contributed by atoms with van der Waals surface area (Å²) in [5, 5.41) is 5.14. The van der Waals surface area contributed by atoms with Crippen molar-refractivity contribution in [2.45, 2.75) is 13.1 Å². The molecule has 0 atom stereocenters. The molecule has 0 saturated carbocycles. The van der Waals surface area contributed by atoms with Gasteiger partial charge in [0, 0.05) is 22.5 Å². The predicted octanol–water partition coefficient (Wildman–Crippen LogP) is 5.52. The number of nitrogens with one attached hydrogen (secondary N) is 2. The van der Waals surface area contributed by atoms with Crippen LogP contribution in [0.2, 0.25) is 0 Å². The summed E-state index contributed by atoms with van der Waals surface area (Å²) < 4.78 is 38.4. The molecule has 0 radical (unpaired) electrons. The van der Waals surface area contributed by atoms with Gasteiger partial charge in [-0.2, -0.15) is 13.2 Å². The maximum Gasteiger partial charge on any atom is 0.416 e. The van der Waals surface area contributed by atoms with Crippen LogP contribution in [0.3, 0.4) is 0 Å². The lowest BCUT2D eigenvalue weighted by atomic mass is 10.1. The molecule has 0 aliphatic rings. The molecule has 29 heavy (non-hydrogen) atoms. The van der Waals surface area contributed by atoms with Crippen molar-refractivity contribution in [3.8, 4) is 0 Å². The number of rotatable bonds is 4. The Morgan fingerprint density at radius 1 is 0.724 bits per heavy atom. The lowest BCUT2D eigenvalue weighted by Crippen LogP contribution is -2.15. The second kappa shape index (κ2) is 8.18. The molecule has 3 rings (SSSR count). The maximum absolute atomic E-state index is 12.8. The van der Waals surface area contributed by atoms with Crippen molar-refractivity contribution in [3.05, 3.63) is 95.1 Å². The first-order valence-electron chi connectivity index (χ1n) is 8.69. The van der Waals surface area contributed by atoms with Crippen LogP contribution in [-0.4, -0.2) is 11.8 Å². The summed E-state index contributed by atoms with van der Waals surface area (Å²) in [5.41, 5.74) is 1.26. The van der Waals surface area contributed by atoms with E-state index in [0.717, 1.165) is 17.7 Å². The van der Waals surface area contributed by atoms with Gasteiger partial charge in [-0.25, -0.2) is 0 Å². The summed E-state index contributed by atoms with van der Waals surface area (Å²) in [6.07, 6.45) is -4.50. The van der Waals surface area contributed by atoms with Crippen LogP contribution >= 0.6 is 0 Å². The minimum atomic E-state index is -4.50. The Labute approximate surface area is 165 Å². The van der Waals surface area contributed by atoms with Gasteiger partial charge in [0.2, 0.25) is 0 Å². The second-order valence-electron chi connectivity index (χ2n) is 6.43. The number of aryl methyl sites for hydroxylation is 1. The largest absolute Gasteiger partial charge is 0.416 e. The van der Waals surface area contributed by atoms with Crippen LogP contribution < -0.4 is 10.6 Å². The SMILES string of the molecule is Cc1ccc(C(=O)Nc2cccc(C(=O)Nc3cccc(C(F)(F)F)c3)c2)cc1. The molecule has 0 aliphatic carbocycles. The smallest absolute Gasteiger partial charge is 0.322 e. The fourth-order valence-corrected chi connectivity index (χ4v) is 2.62. The van der Waals surface area contributed by atoms with Gasteiger partial charge in [-0.15, -0.1) is 0 Å². The average Bonchev–Trinajstić information content (AvgIpc) is 2.68. The van der Waals surface area contributed by atoms with Gasteiger partial charge >= 0.3 is 6.18 Å². The van der Waals surface area contributed by atoms with E-state index in [1.807, 2.05) is 19.1 Å². The van der Waals surface area contributed by atoms with Crippen LogP contribution in [0.1, 0.15) is 31.8 Å². The quantitative estimate of drug-likeness (QED) is 0.608. The Morgan fingerprint density at radius 3 is 1.90 bits per heavy atom. The molecule has 0 bridgehead atoms. The van der Waals surface area contributed by atoms with Gasteiger partial charge in [-0.3, -0.25) is 9.59 Å². The van der Waals surface area contributed by atoms with E-state index in [1.54, 1.807) is 24.3 Å². The average molecular weight is 398 g/mol. The summed E-state index contributed by atoms with van der Waals surface area (Å²) in [4.78, 5) is 24.7. The standard InChI is InChI=1S/C22H17F3N2O2/c1-14-8-10-15(11-9-14)20(28)26-18-6-2-4-16(12-18)21(29)27-19-7-3-5-17(13-19)22(23,24)25/h2-13H,1H3,(H,26,28)(H,27,29). The number of hydrogen-bond donors (Lipinski definition) is 2. The van der Waals surface area contributed by atoms with Crippen molar-refractivity contribution in [1.82, 2.24) is 0 Å². The first-order chi connectivity index (χ1) is 13.7. The van der Waals surface area contributed by atoms with E-state index in [-0.39, 0.29) is 17.2 Å². The Balaban J connectivity index is 1.73. The zero-order chi connectivity index (χ0) is 21.0. The van der Waals surface area contributed by atoms with Crippen LogP contribution in [0.4, 0.5) is 24.5 Å². The van der Waals surface area contributed by atoms with Crippen LogP contribution in [-0.2, 0) is 6.18 Å². The van der Waals surface area contributed by atoms with Gasteiger partial charge in [0.1, 0.15) is 0 Å². The molecule has 0 saturated heterocycles. The molecule has 0 fully saturated rings. The van der Waals surface area contributed by atoms with Crippen molar-refractivity contribution < 1.29 is 22.8 Å². The monoisotopic (exact) mass is 398 g/mol. The highest BCUT2D eigenvalue weighted by Gasteiger charge is 2.30. The molecule has 2 N–H and O–H groups in total. The summed E-state index contributed by atoms with van der Waals surface area (Å²) >= 11 is 0. The molecule has 0 aliphatic heterocycles. The van der Waals surface area contributed by atoms with Gasteiger partial charge in [0.05, 0.1) is 5.56 Å². The van der Waals surface area contributed by atoms with Gasteiger partial charge in [-0.05, 0) is 55.5 Å². The fraction of sp³-hybridized carbons (Fsp3) is 0.0909. The zero-order valence-electron chi connectivity index (χ0n) is 15.4. The Morgan fingerprint density at radius 2 is 1.28 bits per heavy atom. The predicted molar refractivity (Wildman–Crippen MR) is 105 cm³/mol. The number of alkyl halides is 3. The molecular formula is C22H17F3N2O2. The highest BCUT2D eigenvalue weighted by atomic mass is 19.4. The topological polar surface area (TPSA) is 58.2 Å². The second-order valence-corrected chi connectivity index (χ2v) is 6.43. The van der Waals surface area contributed by atoms with Gasteiger partial charge in [0.15, 0.2) is 0 Å². The number of benzene rings is 3. The first-order valence-corrected chi connectivity index (χ1v) is 8.69. The highest BCUT2D eigenvalue weighted by molar-refractivity contribution is 6.07. The number of carbonyl (C=O) groups is 2. The number of amides is 2. The minimum Gasteiger partial charge on any atom is -0.322 e. The summed E-state index contributed by atoms with van der Waals surface area (Å²) in [7, 11) is 0. The zero-order valence-corrected chi connectivity index (χ0v) is 15.4. The molecule has 0 heterocycles. The molecule has 3 aromatic carbocycles. The lowest BCUT2D eigenvalue weighted by Gasteiger charge is -2.11. The van der Waals surface area contributed by atoms with E-state index in [2.05, 4.69) is 10.6 Å².